The summed E-state index contributed by atoms with van der Waals surface area (Å²) in [4.78, 5) is 22.5. The normalized spacial score (nSPS) is 16.2. The van der Waals surface area contributed by atoms with Crippen LogP contribution in [-0.4, -0.2) is 29.9 Å². The molecule has 0 saturated carbocycles. The van der Waals surface area contributed by atoms with E-state index < -0.39 is 5.92 Å². The second-order valence-electron chi connectivity index (χ2n) is 7.28. The van der Waals surface area contributed by atoms with E-state index in [0.717, 1.165) is 27.1 Å². The molecule has 6 nitrogen and oxygen atoms in total. The van der Waals surface area contributed by atoms with Crippen molar-refractivity contribution in [3.8, 4) is 5.75 Å². The Morgan fingerprint density at radius 1 is 1.03 bits per heavy atom. The van der Waals surface area contributed by atoms with Crippen LogP contribution in [0.25, 0.3) is 10.2 Å². The van der Waals surface area contributed by atoms with Gasteiger partial charge in [-0.3, -0.25) is 9.79 Å². The van der Waals surface area contributed by atoms with Crippen molar-refractivity contribution in [3.05, 3.63) is 90.0 Å². The lowest BCUT2D eigenvalue weighted by molar-refractivity contribution is -0.118. The van der Waals surface area contributed by atoms with Gasteiger partial charge in [-0.25, -0.2) is 4.98 Å². The lowest BCUT2D eigenvalue weighted by Gasteiger charge is -2.08. The van der Waals surface area contributed by atoms with Crippen LogP contribution < -0.4 is 9.75 Å². The number of hydrazone groups is 1. The largest absolute Gasteiger partial charge is 0.497 e. The highest BCUT2D eigenvalue weighted by molar-refractivity contribution is 7.22. The smallest absolute Gasteiger partial charge is 0.264 e. The highest BCUT2D eigenvalue weighted by atomic mass is 32.1. The van der Waals surface area contributed by atoms with Crippen LogP contribution in [-0.2, 0) is 11.3 Å². The molecule has 3 aromatic carbocycles. The lowest BCUT2D eigenvalue weighted by atomic mass is 9.98. The van der Waals surface area contributed by atoms with Gasteiger partial charge in [0.25, 0.3) is 5.91 Å². The van der Waals surface area contributed by atoms with Crippen molar-refractivity contribution < 1.29 is 9.53 Å². The first-order valence-corrected chi connectivity index (χ1v) is 11.0. The van der Waals surface area contributed by atoms with E-state index in [-0.39, 0.29) is 5.91 Å². The van der Waals surface area contributed by atoms with Crippen LogP contribution >= 0.6 is 11.3 Å². The number of thiazole rings is 1. The van der Waals surface area contributed by atoms with Crippen LogP contribution in [0.2, 0.25) is 0 Å². The number of para-hydroxylation sites is 1. The van der Waals surface area contributed by atoms with Crippen LogP contribution in [0.3, 0.4) is 0 Å². The number of hydrogen-bond acceptors (Lipinski definition) is 6. The number of fused-ring (bicyclic) bond motifs is 1. The van der Waals surface area contributed by atoms with Crippen molar-refractivity contribution in [1.82, 2.24) is 4.98 Å². The quantitative estimate of drug-likeness (QED) is 0.399. The van der Waals surface area contributed by atoms with Gasteiger partial charge in [0.05, 0.1) is 29.6 Å². The number of benzene rings is 3. The number of hydrogen-bond donors (Lipinski definition) is 0. The number of rotatable bonds is 6. The van der Waals surface area contributed by atoms with E-state index in [1.54, 1.807) is 13.3 Å². The lowest BCUT2D eigenvalue weighted by Crippen LogP contribution is -2.28. The van der Waals surface area contributed by atoms with E-state index in [1.165, 1.54) is 16.3 Å². The zero-order chi connectivity index (χ0) is 21.9. The van der Waals surface area contributed by atoms with E-state index in [2.05, 4.69) is 15.1 Å². The summed E-state index contributed by atoms with van der Waals surface area (Å²) >= 11 is 1.45. The van der Waals surface area contributed by atoms with Crippen molar-refractivity contribution in [2.75, 3.05) is 12.1 Å². The van der Waals surface area contributed by atoms with Crippen molar-refractivity contribution in [2.24, 2.45) is 16.0 Å². The molecule has 158 valence electrons. The minimum atomic E-state index is -0.567. The Balaban J connectivity index is 1.44. The Labute approximate surface area is 189 Å². The maximum atomic E-state index is 13.4. The summed E-state index contributed by atoms with van der Waals surface area (Å²) < 4.78 is 6.22. The van der Waals surface area contributed by atoms with Crippen LogP contribution in [0, 0.1) is 5.92 Å². The zero-order valence-electron chi connectivity index (χ0n) is 17.4. The topological polar surface area (TPSA) is 67.2 Å². The first kappa shape index (κ1) is 20.1. The molecule has 1 aliphatic heterocycles. The first-order valence-electron chi connectivity index (χ1n) is 10.2. The van der Waals surface area contributed by atoms with Crippen molar-refractivity contribution in [1.29, 1.82) is 0 Å². The fraction of sp³-hybridized carbons (Fsp3) is 0.120. The Morgan fingerprint density at radius 3 is 2.53 bits per heavy atom. The Morgan fingerprint density at radius 2 is 1.78 bits per heavy atom. The molecule has 1 amide bonds. The van der Waals surface area contributed by atoms with E-state index in [9.17, 15) is 4.79 Å². The molecule has 7 heteroatoms. The molecule has 1 aliphatic rings. The van der Waals surface area contributed by atoms with Gasteiger partial charge < -0.3 is 4.74 Å². The van der Waals surface area contributed by atoms with Gasteiger partial charge in [-0.05, 0) is 35.4 Å². The van der Waals surface area contributed by atoms with Crippen molar-refractivity contribution in [2.45, 2.75) is 6.54 Å². The van der Waals surface area contributed by atoms with Gasteiger partial charge in [0.1, 0.15) is 11.7 Å². The Kier molecular flexibility index (Phi) is 5.47. The van der Waals surface area contributed by atoms with Gasteiger partial charge in [-0.15, -0.1) is 0 Å². The fourth-order valence-electron chi connectivity index (χ4n) is 3.53. The number of aliphatic imine (C=N–C) groups is 1. The van der Waals surface area contributed by atoms with Crippen molar-refractivity contribution in [3.63, 3.8) is 0 Å². The first-order chi connectivity index (χ1) is 15.7. The average Bonchev–Trinajstić information content (AvgIpc) is 3.41. The average molecular weight is 441 g/mol. The summed E-state index contributed by atoms with van der Waals surface area (Å²) in [5, 5.41) is 6.65. The number of anilines is 1. The predicted octanol–water partition coefficient (Wildman–Crippen LogP) is 4.94. The Hall–Kier alpha value is -3.84. The molecule has 0 aliphatic carbocycles. The maximum Gasteiger partial charge on any atom is 0.264 e. The summed E-state index contributed by atoms with van der Waals surface area (Å²) in [6.45, 7) is 0.469. The minimum Gasteiger partial charge on any atom is -0.497 e. The van der Waals surface area contributed by atoms with Gasteiger partial charge in [0.15, 0.2) is 0 Å². The van der Waals surface area contributed by atoms with Gasteiger partial charge >= 0.3 is 0 Å². The number of methoxy groups -OCH3 is 1. The van der Waals surface area contributed by atoms with E-state index in [0.29, 0.717) is 17.4 Å². The monoisotopic (exact) mass is 440 g/mol. The summed E-state index contributed by atoms with van der Waals surface area (Å²) in [7, 11) is 1.64. The van der Waals surface area contributed by atoms with E-state index >= 15 is 0 Å². The molecule has 0 fully saturated rings. The van der Waals surface area contributed by atoms with Crippen LogP contribution in [0.1, 0.15) is 11.1 Å². The predicted molar refractivity (Wildman–Crippen MR) is 129 cm³/mol. The minimum absolute atomic E-state index is 0.151. The van der Waals surface area contributed by atoms with Gasteiger partial charge in [-0.1, -0.05) is 65.9 Å². The number of carbonyl (C=O) groups is 1. The molecule has 0 radical (unpaired) electrons. The third-order valence-electron chi connectivity index (χ3n) is 5.20. The van der Waals surface area contributed by atoms with Gasteiger partial charge in [0, 0.05) is 6.21 Å². The van der Waals surface area contributed by atoms with Gasteiger partial charge in [0.2, 0.25) is 5.13 Å². The standard InChI is InChI=1S/C25H20N4O2S/c1-31-19-13-11-17(12-14-19)15-26-16-20-23(18-7-3-2-4-8-18)28-29(24(20)30)25-27-21-9-5-6-10-22(21)32-25/h2-14,16,20H,15H2,1H3/t20-/m0/s1. The zero-order valence-corrected chi connectivity index (χ0v) is 18.2. The van der Waals surface area contributed by atoms with Crippen LogP contribution in [0.4, 0.5) is 5.13 Å². The second kappa shape index (κ2) is 8.72. The molecule has 5 rings (SSSR count). The van der Waals surface area contributed by atoms with Crippen molar-refractivity contribution >= 4 is 44.5 Å². The van der Waals surface area contributed by atoms with Crippen LogP contribution in [0.15, 0.2) is 89.0 Å². The number of ether oxygens (including phenoxy) is 1. The second-order valence-corrected chi connectivity index (χ2v) is 8.29. The summed E-state index contributed by atoms with van der Waals surface area (Å²) in [6.07, 6.45) is 1.70. The summed E-state index contributed by atoms with van der Waals surface area (Å²) in [6, 6.07) is 25.3. The highest BCUT2D eigenvalue weighted by Gasteiger charge is 2.37. The molecular formula is C25H20N4O2S. The van der Waals surface area contributed by atoms with Gasteiger partial charge in [-0.2, -0.15) is 10.1 Å². The molecular weight excluding hydrogens is 420 g/mol. The third-order valence-corrected chi connectivity index (χ3v) is 6.21. The molecule has 0 spiro atoms. The maximum absolute atomic E-state index is 13.4. The molecule has 0 N–H and O–H groups in total. The van der Waals surface area contributed by atoms with Crippen LogP contribution in [0.5, 0.6) is 5.75 Å². The SMILES string of the molecule is COc1ccc(CN=C[C@@H]2C(=O)N(c3nc4ccccc4s3)N=C2c2ccccc2)cc1. The van der Waals surface area contributed by atoms with E-state index in [1.807, 2.05) is 78.9 Å². The van der Waals surface area contributed by atoms with E-state index in [4.69, 9.17) is 4.74 Å². The molecule has 0 saturated heterocycles. The number of amides is 1. The Bertz CT molecular complexity index is 1280. The fourth-order valence-corrected chi connectivity index (χ4v) is 4.45. The number of nitrogens with zero attached hydrogens (tertiary/aromatic N) is 4. The molecule has 4 aromatic rings. The summed E-state index contributed by atoms with van der Waals surface area (Å²) in [5.74, 6) is 0.0812. The molecule has 0 bridgehead atoms. The molecule has 1 atom stereocenters. The molecule has 0 unspecified atom stereocenters. The molecule has 2 heterocycles. The third kappa shape index (κ3) is 3.90. The highest BCUT2D eigenvalue weighted by Crippen LogP contribution is 2.33. The number of aromatic nitrogens is 1. The molecule has 1 aromatic heterocycles. The summed E-state index contributed by atoms with van der Waals surface area (Å²) in [5.41, 5.74) is 3.46. The molecule has 32 heavy (non-hydrogen) atoms. The number of carbonyl (C=O) groups excluding carboxylic acids is 1.